The van der Waals surface area contributed by atoms with E-state index in [9.17, 15) is 42.8 Å². The molecule has 0 aromatic heterocycles. The first-order valence-electron chi connectivity index (χ1n) is 20.4. The molecule has 5 N–H and O–H groups in total. The quantitative estimate of drug-likeness (QED) is 0.0509. The molecule has 2 atom stereocenters. The van der Waals surface area contributed by atoms with Gasteiger partial charge in [-0.1, -0.05) is 44.2 Å². The normalized spacial score (nSPS) is 14.0. The summed E-state index contributed by atoms with van der Waals surface area (Å²) in [5.74, 6) is -0.0307. The molecule has 0 amide bonds. The first-order chi connectivity index (χ1) is 29.7. The molecule has 2 aliphatic rings. The van der Waals surface area contributed by atoms with Crippen LogP contribution in [0.2, 0.25) is 0 Å². The molecule has 2 unspecified atom stereocenters. The molecule has 4 aromatic carbocycles. The number of nitrogens with zero attached hydrogens (tertiary/aromatic N) is 1. The summed E-state index contributed by atoms with van der Waals surface area (Å²) >= 11 is 0. The smallest absolute Gasteiger partial charge is 0.296 e. The zero-order chi connectivity index (χ0) is 47.4. The second kappa shape index (κ2) is 17.8. The van der Waals surface area contributed by atoms with Crippen LogP contribution in [0.25, 0.3) is 33.4 Å². The molecule has 1 aliphatic heterocycles. The van der Waals surface area contributed by atoms with Crippen molar-refractivity contribution in [2.75, 3.05) is 5.32 Å². The minimum atomic E-state index is -5.09. The maximum Gasteiger partial charge on any atom is 0.296 e. The second-order valence-corrected chi connectivity index (χ2v) is 22.3. The lowest BCUT2D eigenvalue weighted by Crippen LogP contribution is -2.33. The molecular formula is C45H52N4O11S4. The maximum absolute atomic E-state index is 13.7. The van der Waals surface area contributed by atoms with Gasteiger partial charge in [0.25, 0.3) is 20.2 Å². The molecule has 0 bridgehead atoms. The number of fused-ring (bicyclic) bond motifs is 2. The van der Waals surface area contributed by atoms with Gasteiger partial charge < -0.3 is 9.73 Å². The van der Waals surface area contributed by atoms with Crippen LogP contribution in [0.5, 0.6) is 0 Å². The summed E-state index contributed by atoms with van der Waals surface area (Å²) in [6.07, 6.45) is 1.11. The Labute approximate surface area is 375 Å². The van der Waals surface area contributed by atoms with Crippen LogP contribution in [0.1, 0.15) is 73.9 Å². The highest BCUT2D eigenvalue weighted by atomic mass is 32.2. The highest BCUT2D eigenvalue weighted by Crippen LogP contribution is 2.44. The molecule has 1 aliphatic carbocycles. The predicted octanol–water partition coefficient (Wildman–Crippen LogP) is 8.68. The van der Waals surface area contributed by atoms with Crippen molar-refractivity contribution in [3.05, 3.63) is 105 Å². The summed E-state index contributed by atoms with van der Waals surface area (Å²) in [5.41, 5.74) is 4.23. The van der Waals surface area contributed by atoms with Crippen molar-refractivity contribution in [2.45, 2.75) is 114 Å². The van der Waals surface area contributed by atoms with E-state index in [0.29, 0.717) is 46.5 Å². The van der Waals surface area contributed by atoms with Crippen molar-refractivity contribution in [3.8, 4) is 22.5 Å². The van der Waals surface area contributed by atoms with Crippen LogP contribution in [-0.2, 0) is 40.3 Å². The number of hydrogen-bond acceptors (Lipinski definition) is 11. The van der Waals surface area contributed by atoms with Crippen molar-refractivity contribution >= 4 is 68.3 Å². The first-order valence-corrected chi connectivity index (χ1v) is 26.2. The minimum Gasteiger partial charge on any atom is -0.456 e. The number of rotatable bonds is 14. The van der Waals surface area contributed by atoms with Crippen LogP contribution < -0.4 is 20.1 Å². The number of anilines is 2. The first kappa shape index (κ1) is 48.5. The van der Waals surface area contributed by atoms with Gasteiger partial charge in [-0.3, -0.25) is 9.11 Å². The molecule has 4 aromatic rings. The highest BCUT2D eigenvalue weighted by Gasteiger charge is 2.29. The molecule has 15 nitrogen and oxygen atoms in total. The van der Waals surface area contributed by atoms with Crippen LogP contribution in [0.3, 0.4) is 0 Å². The molecular weight excluding hydrogens is 901 g/mol. The number of sulfonamides is 2. The Morgan fingerprint density at radius 2 is 1.17 bits per heavy atom. The van der Waals surface area contributed by atoms with E-state index in [-0.39, 0.29) is 71.9 Å². The largest absolute Gasteiger partial charge is 0.456 e. The van der Waals surface area contributed by atoms with E-state index < -0.39 is 50.1 Å². The lowest BCUT2D eigenvalue weighted by Gasteiger charge is -2.21. The summed E-state index contributed by atoms with van der Waals surface area (Å²) < 4.78 is 140. The van der Waals surface area contributed by atoms with Gasteiger partial charge in [0.1, 0.15) is 21.1 Å². The van der Waals surface area contributed by atoms with E-state index in [1.807, 2.05) is 20.8 Å². The van der Waals surface area contributed by atoms with Crippen LogP contribution in [0, 0.1) is 41.5 Å². The summed E-state index contributed by atoms with van der Waals surface area (Å²) in [6.45, 7) is 17.3. The van der Waals surface area contributed by atoms with E-state index in [2.05, 4.69) is 19.8 Å². The van der Waals surface area contributed by atoms with Crippen LogP contribution in [0.4, 0.5) is 17.1 Å². The lowest BCUT2D eigenvalue weighted by molar-refractivity contribution is 0.480. The zero-order valence-electron chi connectivity index (χ0n) is 37.1. The van der Waals surface area contributed by atoms with Gasteiger partial charge in [0.05, 0.1) is 20.8 Å². The molecule has 1 heterocycles. The average Bonchev–Trinajstić information content (AvgIpc) is 3.18. The predicted molar refractivity (Wildman–Crippen MR) is 248 cm³/mol. The third kappa shape index (κ3) is 9.53. The van der Waals surface area contributed by atoms with Gasteiger partial charge in [0.15, 0.2) is 0 Å². The Bertz CT molecular complexity index is 3360. The van der Waals surface area contributed by atoms with E-state index in [0.717, 1.165) is 11.6 Å². The van der Waals surface area contributed by atoms with Gasteiger partial charge in [-0.05, 0) is 126 Å². The Hall–Kier alpha value is -4.99. The topological polar surface area (TPSA) is 239 Å². The molecule has 0 spiro atoms. The minimum absolute atomic E-state index is 0.0168. The summed E-state index contributed by atoms with van der Waals surface area (Å²) in [6, 6.07) is 15.4. The third-order valence-electron chi connectivity index (χ3n) is 11.3. The second-order valence-electron chi connectivity index (χ2n) is 16.2. The highest BCUT2D eigenvalue weighted by molar-refractivity contribution is 7.90. The molecule has 342 valence electrons. The van der Waals surface area contributed by atoms with Crippen molar-refractivity contribution in [1.29, 1.82) is 0 Å². The van der Waals surface area contributed by atoms with Gasteiger partial charge in [-0.2, -0.15) is 16.8 Å². The Kier molecular flexibility index (Phi) is 13.5. The van der Waals surface area contributed by atoms with E-state index in [4.69, 9.17) is 4.42 Å². The van der Waals surface area contributed by atoms with Crippen LogP contribution >= 0.6 is 0 Å². The zero-order valence-corrected chi connectivity index (χ0v) is 40.3. The average molecular weight is 953 g/mol. The van der Waals surface area contributed by atoms with Crippen molar-refractivity contribution in [3.63, 3.8) is 0 Å². The van der Waals surface area contributed by atoms with Gasteiger partial charge in [0.2, 0.25) is 20.0 Å². The fourth-order valence-corrected chi connectivity index (χ4v) is 13.0. The molecule has 0 saturated carbocycles. The maximum atomic E-state index is 13.7. The number of aryl methyl sites for hydroxylation is 4. The fourth-order valence-electron chi connectivity index (χ4n) is 8.06. The van der Waals surface area contributed by atoms with Gasteiger partial charge in [-0.15, -0.1) is 0 Å². The van der Waals surface area contributed by atoms with Crippen molar-refractivity contribution in [2.24, 2.45) is 4.99 Å². The van der Waals surface area contributed by atoms with Crippen LogP contribution in [0.15, 0.2) is 95.7 Å². The van der Waals surface area contributed by atoms with Crippen molar-refractivity contribution < 1.29 is 47.2 Å². The summed E-state index contributed by atoms with van der Waals surface area (Å²) in [4.78, 5) is 3.56. The van der Waals surface area contributed by atoms with Gasteiger partial charge >= 0.3 is 0 Å². The molecule has 0 fully saturated rings. The molecule has 0 saturated heterocycles. The Morgan fingerprint density at radius 3 is 1.73 bits per heavy atom. The lowest BCUT2D eigenvalue weighted by atomic mass is 9.93. The monoisotopic (exact) mass is 952 g/mol. The number of hydrogen-bond donors (Lipinski definition) is 5. The van der Waals surface area contributed by atoms with E-state index in [1.165, 1.54) is 30.3 Å². The SMILES string of the molecule is CCC(C)NS(=O)(=O)c1c(C)cc(C)c(/N=c2\cc3oc4cc(Nc5c(C)cc(C)c(S(=O)(=O)NC(C)CC)c5C)ccc4c(-c4ccccc4S(=O)(=O)O)c-3cc2S(=O)(=O)O)c1C. The van der Waals surface area contributed by atoms with Crippen molar-refractivity contribution in [1.82, 2.24) is 9.44 Å². The van der Waals surface area contributed by atoms with Crippen LogP contribution in [-0.4, -0.2) is 54.9 Å². The Morgan fingerprint density at radius 1 is 0.625 bits per heavy atom. The molecule has 0 radical (unpaired) electrons. The molecule has 19 heteroatoms. The van der Waals surface area contributed by atoms with E-state index in [1.54, 1.807) is 78.8 Å². The third-order valence-corrected chi connectivity index (χ3v) is 16.8. The standard InChI is InChI=1S/C45H52N4O11S4/c1-11-28(7)48-61(50,51)44-26(5)19-24(3)42(30(44)9)46-32-17-18-33-37(21-32)60-38-23-36(47-43-25(4)20-27(6)45(31(43)10)62(52,53)49-29(8)12-2)40(64(57,58)59)22-35(38)41(33)34-15-13-14-16-39(34)63(54,55)56/h13-23,28-29,46,48-49H,11-12H2,1-10H3,(H,54,55,56)(H,57,58,59)/b47-36+. The van der Waals surface area contributed by atoms with Gasteiger partial charge in [-0.25, -0.2) is 31.3 Å². The Balaban J connectivity index is 1.68. The van der Waals surface area contributed by atoms with Gasteiger partial charge in [0, 0.05) is 57.7 Å². The number of benzene rings is 5. The van der Waals surface area contributed by atoms with E-state index >= 15 is 0 Å². The number of nitrogens with one attached hydrogen (secondary N) is 3. The molecule has 6 rings (SSSR count). The molecule has 64 heavy (non-hydrogen) atoms. The fraction of sp³-hybridized carbons (Fsp3) is 0.311. The summed E-state index contributed by atoms with van der Waals surface area (Å²) in [7, 11) is -18.0. The summed E-state index contributed by atoms with van der Waals surface area (Å²) in [5, 5.41) is 3.28.